The van der Waals surface area contributed by atoms with Gasteiger partial charge in [0.25, 0.3) is 6.47 Å². The van der Waals surface area contributed by atoms with Gasteiger partial charge in [0.05, 0.1) is 5.69 Å². The Morgan fingerprint density at radius 3 is 2.93 bits per heavy atom. The quantitative estimate of drug-likeness (QED) is 0.609. The van der Waals surface area contributed by atoms with Crippen LogP contribution in [0.1, 0.15) is 23.1 Å². The van der Waals surface area contributed by atoms with E-state index in [1.54, 1.807) is 12.1 Å². The maximum absolute atomic E-state index is 11.0. The van der Waals surface area contributed by atoms with Crippen LogP contribution in [-0.2, 0) is 16.1 Å². The number of hydrogen-bond acceptors (Lipinski definition) is 4. The molecule has 5 heteroatoms. The number of ether oxygens (including phenoxy) is 1. The molecule has 0 N–H and O–H groups in total. The predicted octanol–water partition coefficient (Wildman–Crippen LogP) is 1.72. The molecule has 0 aliphatic carbocycles. The molecule has 0 aliphatic heterocycles. The Labute approximate surface area is 89.4 Å². The summed E-state index contributed by atoms with van der Waals surface area (Å²) in [5, 5.41) is 0. The molecule has 74 valence electrons. The van der Waals surface area contributed by atoms with E-state index in [9.17, 15) is 9.59 Å². The molecule has 14 heavy (non-hydrogen) atoms. The van der Waals surface area contributed by atoms with Crippen LogP contribution in [0.3, 0.4) is 0 Å². The molecular weight excluding hydrogens is 250 g/mol. The van der Waals surface area contributed by atoms with Gasteiger partial charge in [-0.25, -0.2) is 4.98 Å². The molecule has 1 aromatic rings. The van der Waals surface area contributed by atoms with E-state index in [1.807, 2.05) is 0 Å². The van der Waals surface area contributed by atoms with Gasteiger partial charge in [-0.05, 0) is 12.1 Å². The van der Waals surface area contributed by atoms with Crippen LogP contribution in [0.4, 0.5) is 0 Å². The van der Waals surface area contributed by atoms with Crippen LogP contribution in [0, 0.1) is 0 Å². The number of nitrogens with zero attached hydrogens (tertiary/aromatic N) is 1. The number of carbonyl (C=O) groups is 2. The van der Waals surface area contributed by atoms with Crippen LogP contribution in [0.25, 0.3) is 0 Å². The lowest BCUT2D eigenvalue weighted by molar-refractivity contribution is -0.129. The molecule has 0 amide bonds. The molecule has 0 saturated heterocycles. The molecule has 1 heterocycles. The molecular formula is C9H8BrNO3. The summed E-state index contributed by atoms with van der Waals surface area (Å²) in [6.07, 6.45) is 0. The molecule has 0 atom stereocenters. The fourth-order valence-electron chi connectivity index (χ4n) is 0.924. The third-order valence-corrected chi connectivity index (χ3v) is 1.96. The average molecular weight is 258 g/mol. The van der Waals surface area contributed by atoms with Crippen molar-refractivity contribution >= 4 is 28.2 Å². The van der Waals surface area contributed by atoms with Gasteiger partial charge in [0, 0.05) is 11.4 Å². The zero-order chi connectivity index (χ0) is 10.6. The Kier molecular flexibility index (Phi) is 3.76. The number of pyridine rings is 1. The van der Waals surface area contributed by atoms with E-state index in [0.717, 1.165) is 4.47 Å². The SMILES string of the molecule is CC(=O)c1cc(Br)cc(COC=O)n1. The van der Waals surface area contributed by atoms with Gasteiger partial charge in [-0.15, -0.1) is 0 Å². The summed E-state index contributed by atoms with van der Waals surface area (Å²) in [6.45, 7) is 1.85. The van der Waals surface area contributed by atoms with Gasteiger partial charge >= 0.3 is 0 Å². The van der Waals surface area contributed by atoms with Gasteiger partial charge in [-0.2, -0.15) is 0 Å². The summed E-state index contributed by atoms with van der Waals surface area (Å²) in [5.41, 5.74) is 0.889. The molecule has 0 spiro atoms. The van der Waals surface area contributed by atoms with Crippen LogP contribution in [-0.4, -0.2) is 17.2 Å². The van der Waals surface area contributed by atoms with Crippen LogP contribution < -0.4 is 0 Å². The Hall–Kier alpha value is -1.23. The first-order valence-corrected chi connectivity index (χ1v) is 4.65. The summed E-state index contributed by atoms with van der Waals surface area (Å²) < 4.78 is 5.27. The Balaban J connectivity index is 2.94. The number of halogens is 1. The number of Topliss-reactive ketones (excluding diaryl/α,β-unsaturated/α-hetero) is 1. The van der Waals surface area contributed by atoms with Crippen molar-refractivity contribution in [3.63, 3.8) is 0 Å². The summed E-state index contributed by atoms with van der Waals surface area (Å²) in [4.78, 5) is 25.0. The molecule has 1 aromatic heterocycles. The van der Waals surface area contributed by atoms with Crippen molar-refractivity contribution < 1.29 is 14.3 Å². The van der Waals surface area contributed by atoms with Gasteiger partial charge in [0.15, 0.2) is 5.78 Å². The smallest absolute Gasteiger partial charge is 0.293 e. The molecule has 0 bridgehead atoms. The topological polar surface area (TPSA) is 56.3 Å². The van der Waals surface area contributed by atoms with Gasteiger partial charge in [-0.1, -0.05) is 15.9 Å². The largest absolute Gasteiger partial charge is 0.461 e. The lowest BCUT2D eigenvalue weighted by atomic mass is 10.2. The first-order valence-electron chi connectivity index (χ1n) is 3.86. The lowest BCUT2D eigenvalue weighted by Gasteiger charge is -2.02. The Morgan fingerprint density at radius 1 is 1.64 bits per heavy atom. The minimum Gasteiger partial charge on any atom is -0.461 e. The second kappa shape index (κ2) is 4.85. The van der Waals surface area contributed by atoms with Crippen molar-refractivity contribution in [1.29, 1.82) is 0 Å². The molecule has 0 aromatic carbocycles. The molecule has 0 unspecified atom stereocenters. The fraction of sp³-hybridized carbons (Fsp3) is 0.222. The highest BCUT2D eigenvalue weighted by atomic mass is 79.9. The van der Waals surface area contributed by atoms with E-state index in [-0.39, 0.29) is 12.4 Å². The van der Waals surface area contributed by atoms with Crippen molar-refractivity contribution in [1.82, 2.24) is 4.98 Å². The van der Waals surface area contributed by atoms with E-state index < -0.39 is 0 Å². The minimum atomic E-state index is -0.126. The molecule has 4 nitrogen and oxygen atoms in total. The second-order valence-electron chi connectivity index (χ2n) is 2.63. The van der Waals surface area contributed by atoms with Crippen LogP contribution in [0.5, 0.6) is 0 Å². The average Bonchev–Trinajstić information content (AvgIpc) is 2.14. The first kappa shape index (κ1) is 10.8. The molecule has 0 fully saturated rings. The zero-order valence-corrected chi connectivity index (χ0v) is 9.08. The van der Waals surface area contributed by atoms with Gasteiger partial charge in [-0.3, -0.25) is 9.59 Å². The third-order valence-electron chi connectivity index (χ3n) is 1.50. The fourth-order valence-corrected chi connectivity index (χ4v) is 1.41. The summed E-state index contributed by atoms with van der Waals surface area (Å²) >= 11 is 3.24. The Bertz CT molecular complexity index is 365. The molecule has 0 radical (unpaired) electrons. The van der Waals surface area contributed by atoms with Crippen LogP contribution in [0.15, 0.2) is 16.6 Å². The van der Waals surface area contributed by atoms with E-state index in [4.69, 9.17) is 0 Å². The number of ketones is 1. The van der Waals surface area contributed by atoms with Crippen molar-refractivity contribution in [3.8, 4) is 0 Å². The highest BCUT2D eigenvalue weighted by Crippen LogP contribution is 2.13. The van der Waals surface area contributed by atoms with Crippen molar-refractivity contribution in [2.75, 3.05) is 0 Å². The van der Waals surface area contributed by atoms with Gasteiger partial charge in [0.1, 0.15) is 12.3 Å². The highest BCUT2D eigenvalue weighted by molar-refractivity contribution is 9.10. The Morgan fingerprint density at radius 2 is 2.36 bits per heavy atom. The molecule has 0 aliphatic rings. The number of rotatable bonds is 4. The normalized spacial score (nSPS) is 9.57. The predicted molar refractivity (Wildman–Crippen MR) is 52.8 cm³/mol. The third kappa shape index (κ3) is 2.92. The summed E-state index contributed by atoms with van der Waals surface area (Å²) in [7, 11) is 0. The maximum Gasteiger partial charge on any atom is 0.293 e. The van der Waals surface area contributed by atoms with E-state index in [2.05, 4.69) is 25.7 Å². The molecule has 1 rings (SSSR count). The zero-order valence-electron chi connectivity index (χ0n) is 7.49. The highest BCUT2D eigenvalue weighted by Gasteiger charge is 2.05. The van der Waals surface area contributed by atoms with Crippen molar-refractivity contribution in [2.45, 2.75) is 13.5 Å². The summed E-state index contributed by atoms with van der Waals surface area (Å²) in [5.74, 6) is -0.126. The van der Waals surface area contributed by atoms with Crippen molar-refractivity contribution in [2.24, 2.45) is 0 Å². The van der Waals surface area contributed by atoms with E-state index in [0.29, 0.717) is 17.9 Å². The molecule has 0 saturated carbocycles. The lowest BCUT2D eigenvalue weighted by Crippen LogP contribution is -2.02. The van der Waals surface area contributed by atoms with E-state index >= 15 is 0 Å². The second-order valence-corrected chi connectivity index (χ2v) is 3.54. The number of aromatic nitrogens is 1. The van der Waals surface area contributed by atoms with Gasteiger partial charge in [0.2, 0.25) is 0 Å². The summed E-state index contributed by atoms with van der Waals surface area (Å²) in [6, 6.07) is 3.31. The maximum atomic E-state index is 11.0. The van der Waals surface area contributed by atoms with E-state index in [1.165, 1.54) is 6.92 Å². The van der Waals surface area contributed by atoms with Gasteiger partial charge < -0.3 is 4.74 Å². The first-order chi connectivity index (χ1) is 6.63. The van der Waals surface area contributed by atoms with Crippen molar-refractivity contribution in [3.05, 3.63) is 28.0 Å². The van der Waals surface area contributed by atoms with Crippen LogP contribution >= 0.6 is 15.9 Å². The number of hydrogen-bond donors (Lipinski definition) is 0. The minimum absolute atomic E-state index is 0.0726. The number of carbonyl (C=O) groups excluding carboxylic acids is 2. The monoisotopic (exact) mass is 257 g/mol. The standard InChI is InChI=1S/C9H8BrNO3/c1-6(13)9-3-7(10)2-8(11-9)4-14-5-12/h2-3,5H,4H2,1H3. The van der Waals surface area contributed by atoms with Crippen LogP contribution in [0.2, 0.25) is 0 Å².